The summed E-state index contributed by atoms with van der Waals surface area (Å²) in [5.74, 6) is 1.69. The van der Waals surface area contributed by atoms with Gasteiger partial charge in [-0.1, -0.05) is 36.4 Å². The van der Waals surface area contributed by atoms with Crippen molar-refractivity contribution in [1.29, 1.82) is 0 Å². The average molecular weight is 458 g/mol. The van der Waals surface area contributed by atoms with Crippen molar-refractivity contribution in [2.75, 3.05) is 12.0 Å². The molecule has 10 heteroatoms. The predicted molar refractivity (Wildman–Crippen MR) is 120 cm³/mol. The summed E-state index contributed by atoms with van der Waals surface area (Å²) in [5.41, 5.74) is 7.43. The maximum Gasteiger partial charge on any atom is 0.296 e. The highest BCUT2D eigenvalue weighted by Gasteiger charge is 2.24. The summed E-state index contributed by atoms with van der Waals surface area (Å²) in [5, 5.41) is 2.95. The fraction of sp³-hybridized carbons (Fsp3) is 0.0952. The molecule has 3 aromatic carbocycles. The number of nitrogens with two attached hydrogens (primary N) is 1. The van der Waals surface area contributed by atoms with Gasteiger partial charge < -0.3 is 14.8 Å². The maximum atomic E-state index is 11.3. The summed E-state index contributed by atoms with van der Waals surface area (Å²) in [6, 6.07) is 19.8. The smallest absolute Gasteiger partial charge is 0.296 e. The second kappa shape index (κ2) is 8.98. The number of nitrogens with zero attached hydrogens (tertiary/aromatic N) is 1. The van der Waals surface area contributed by atoms with Crippen LogP contribution in [0.25, 0.3) is 0 Å². The minimum atomic E-state index is -4.29. The van der Waals surface area contributed by atoms with Crippen molar-refractivity contribution in [1.82, 2.24) is 0 Å². The number of hydrogen-bond donors (Lipinski definition) is 3. The quantitative estimate of drug-likeness (QED) is 0.230. The van der Waals surface area contributed by atoms with Gasteiger partial charge in [0.2, 0.25) is 5.90 Å². The highest BCUT2D eigenvalue weighted by Crippen LogP contribution is 2.44. The Bertz CT molecular complexity index is 1250. The largest absolute Gasteiger partial charge is 0.464 e. The lowest BCUT2D eigenvalue weighted by Gasteiger charge is -2.22. The van der Waals surface area contributed by atoms with Crippen LogP contribution in [-0.2, 0) is 21.3 Å². The van der Waals surface area contributed by atoms with Crippen molar-refractivity contribution in [2.24, 2.45) is 10.1 Å². The van der Waals surface area contributed by atoms with E-state index < -0.39 is 10.1 Å². The summed E-state index contributed by atoms with van der Waals surface area (Å²) in [6.45, 7) is 0.196. The normalized spacial score (nSPS) is 13.7. The van der Waals surface area contributed by atoms with E-state index in [1.807, 2.05) is 18.2 Å². The van der Waals surface area contributed by atoms with Crippen molar-refractivity contribution in [3.8, 4) is 11.5 Å². The van der Waals surface area contributed by atoms with E-state index in [1.54, 1.807) is 24.3 Å². The van der Waals surface area contributed by atoms with Gasteiger partial charge in [-0.15, -0.1) is 0 Å². The third-order valence-corrected chi connectivity index (χ3v) is 6.23. The molecule has 0 bridgehead atoms. The first-order chi connectivity index (χ1) is 15.0. The van der Waals surface area contributed by atoms with Gasteiger partial charge in [-0.3, -0.25) is 10.3 Å². The van der Waals surface area contributed by atoms with Crippen LogP contribution in [0, 0.1) is 0 Å². The number of ether oxygens (including phenoxy) is 2. The average Bonchev–Trinajstić information content (AvgIpc) is 2.77. The Labute approximate surface area is 184 Å². The summed E-state index contributed by atoms with van der Waals surface area (Å²) >= 11 is 1.44. The van der Waals surface area contributed by atoms with Crippen LogP contribution in [0.3, 0.4) is 0 Å². The van der Waals surface area contributed by atoms with Crippen LogP contribution in [0.1, 0.15) is 5.56 Å². The molecule has 0 fully saturated rings. The second-order valence-corrected chi connectivity index (χ2v) is 8.69. The number of anilines is 2. The molecule has 0 amide bonds. The van der Waals surface area contributed by atoms with Crippen LogP contribution in [0.2, 0.25) is 0 Å². The molecule has 5 rings (SSSR count). The third-order valence-electron chi connectivity index (χ3n) is 4.44. The fourth-order valence-electron chi connectivity index (χ4n) is 3.05. The van der Waals surface area contributed by atoms with Crippen molar-refractivity contribution >= 4 is 39.3 Å². The summed E-state index contributed by atoms with van der Waals surface area (Å²) < 4.78 is 46.6. The van der Waals surface area contributed by atoms with Crippen LogP contribution in [0.5, 0.6) is 11.5 Å². The summed E-state index contributed by atoms with van der Waals surface area (Å²) in [7, 11) is -4.29. The van der Waals surface area contributed by atoms with Gasteiger partial charge >= 0.3 is 0 Å². The molecule has 0 saturated heterocycles. The van der Waals surface area contributed by atoms with E-state index >= 15 is 0 Å². The molecule has 0 spiro atoms. The SMILES string of the molecule is NCOC1=NSc2ccccc2C1.O=S(=O)(O)c1cccc2c1Nc1ccccc1O2. The van der Waals surface area contributed by atoms with Crippen molar-refractivity contribution in [2.45, 2.75) is 16.2 Å². The first-order valence-electron chi connectivity index (χ1n) is 9.25. The van der Waals surface area contributed by atoms with Gasteiger partial charge in [0.05, 0.1) is 12.1 Å². The number of hydrogen-bond acceptors (Lipinski definition) is 8. The van der Waals surface area contributed by atoms with Crippen molar-refractivity contribution in [3.05, 3.63) is 72.3 Å². The van der Waals surface area contributed by atoms with E-state index in [2.05, 4.69) is 21.8 Å². The monoisotopic (exact) mass is 457 g/mol. The molecule has 160 valence electrons. The molecule has 8 nitrogen and oxygen atoms in total. The van der Waals surface area contributed by atoms with Crippen LogP contribution in [-0.4, -0.2) is 25.6 Å². The van der Waals surface area contributed by atoms with Crippen molar-refractivity contribution in [3.63, 3.8) is 0 Å². The minimum absolute atomic E-state index is 0.196. The summed E-state index contributed by atoms with van der Waals surface area (Å²) in [4.78, 5) is 1.00. The van der Waals surface area contributed by atoms with E-state index in [4.69, 9.17) is 19.8 Å². The minimum Gasteiger partial charge on any atom is -0.464 e. The molecule has 0 saturated carbocycles. The lowest BCUT2D eigenvalue weighted by Crippen LogP contribution is -2.16. The lowest BCUT2D eigenvalue weighted by atomic mass is 10.1. The molecule has 0 aliphatic carbocycles. The molecular formula is C21H19N3O5S2. The van der Waals surface area contributed by atoms with Crippen LogP contribution in [0.4, 0.5) is 11.4 Å². The first kappa shape index (κ1) is 21.2. The Morgan fingerprint density at radius 2 is 1.81 bits per heavy atom. The zero-order chi connectivity index (χ0) is 21.8. The molecule has 4 N–H and O–H groups in total. The van der Waals surface area contributed by atoms with Gasteiger partial charge in [-0.2, -0.15) is 12.8 Å². The lowest BCUT2D eigenvalue weighted by molar-refractivity contribution is 0.310. The Morgan fingerprint density at radius 1 is 1.06 bits per heavy atom. The zero-order valence-electron chi connectivity index (χ0n) is 16.2. The zero-order valence-corrected chi connectivity index (χ0v) is 17.8. The van der Waals surface area contributed by atoms with Gasteiger partial charge in [-0.05, 0) is 35.9 Å². The molecule has 0 unspecified atom stereocenters. The van der Waals surface area contributed by atoms with Crippen LogP contribution < -0.4 is 15.8 Å². The highest BCUT2D eigenvalue weighted by atomic mass is 32.2. The fourth-order valence-corrected chi connectivity index (χ4v) is 4.43. The molecule has 0 radical (unpaired) electrons. The number of fused-ring (bicyclic) bond motifs is 3. The van der Waals surface area contributed by atoms with E-state index in [1.165, 1.54) is 34.5 Å². The van der Waals surface area contributed by atoms with Gasteiger partial charge in [0.25, 0.3) is 10.1 Å². The number of nitrogens with one attached hydrogen (secondary N) is 1. The molecule has 31 heavy (non-hydrogen) atoms. The molecular weight excluding hydrogens is 438 g/mol. The molecule has 3 aromatic rings. The van der Waals surface area contributed by atoms with Gasteiger partial charge in [0.1, 0.15) is 17.3 Å². The van der Waals surface area contributed by atoms with Gasteiger partial charge in [0.15, 0.2) is 11.5 Å². The number of rotatable bonds is 2. The van der Waals surface area contributed by atoms with Crippen LogP contribution in [0.15, 0.2) is 80.9 Å². The van der Waals surface area contributed by atoms with Crippen molar-refractivity contribution < 1.29 is 22.4 Å². The predicted octanol–water partition coefficient (Wildman–Crippen LogP) is 4.36. The van der Waals surface area contributed by atoms with E-state index in [9.17, 15) is 8.42 Å². The maximum absolute atomic E-state index is 11.3. The number of benzene rings is 3. The van der Waals surface area contributed by atoms with Gasteiger partial charge in [0, 0.05) is 16.8 Å². The Balaban J connectivity index is 0.000000158. The topological polar surface area (TPSA) is 123 Å². The highest BCUT2D eigenvalue weighted by molar-refractivity contribution is 7.98. The molecule has 2 heterocycles. The molecule has 0 aromatic heterocycles. The van der Waals surface area contributed by atoms with E-state index in [-0.39, 0.29) is 17.3 Å². The number of para-hydroxylation sites is 3. The third kappa shape index (κ3) is 4.83. The molecule has 0 atom stereocenters. The van der Waals surface area contributed by atoms with Gasteiger partial charge in [-0.25, -0.2) is 0 Å². The standard InChI is InChI=1S/C12H9NO4S.C9H10N2OS/c14-18(15,16)11-7-3-6-10-12(11)13-8-4-1-2-5-9(8)17-10;10-6-12-9-5-7-3-1-2-4-8(7)13-11-9/h1-7,13H,(H,14,15,16);1-4H,5-6,10H2. The van der Waals surface area contributed by atoms with Crippen LogP contribution >= 0.6 is 11.9 Å². The van der Waals surface area contributed by atoms with E-state index in [0.29, 0.717) is 23.1 Å². The second-order valence-electron chi connectivity index (χ2n) is 6.50. The van der Waals surface area contributed by atoms with E-state index in [0.717, 1.165) is 6.42 Å². The Kier molecular flexibility index (Phi) is 6.14. The molecule has 2 aliphatic rings. The Hall–Kier alpha value is -3.05. The summed E-state index contributed by atoms with van der Waals surface area (Å²) in [6.07, 6.45) is 0.750. The molecule has 2 aliphatic heterocycles. The Morgan fingerprint density at radius 3 is 2.61 bits per heavy atom. The first-order valence-corrected chi connectivity index (χ1v) is 11.5.